The molecule has 0 amide bonds. The van der Waals surface area contributed by atoms with Gasteiger partial charge in [-0.15, -0.1) is 6.32 Å². The molecular formula is C61H62BF10O2P. The monoisotopic (exact) mass is 1060 g/mol. The highest BCUT2D eigenvalue weighted by molar-refractivity contribution is 7.93. The van der Waals surface area contributed by atoms with Crippen molar-refractivity contribution in [3.8, 4) is 0 Å². The Labute approximate surface area is 434 Å². The first kappa shape index (κ1) is 54.4. The van der Waals surface area contributed by atoms with E-state index in [-0.39, 0.29) is 53.0 Å². The molecule has 75 heavy (non-hydrogen) atoms. The minimum atomic E-state index is -4.81. The fourth-order valence-corrected chi connectivity index (χ4v) is 19.5. The molecule has 14 heteroatoms. The predicted octanol–water partition coefficient (Wildman–Crippen LogP) is 16.1. The summed E-state index contributed by atoms with van der Waals surface area (Å²) in [5.74, 6) is -30.2. The Balaban J connectivity index is 1.59. The van der Waals surface area contributed by atoms with Crippen LogP contribution in [0, 0.1) is 70.0 Å². The fourth-order valence-electron chi connectivity index (χ4n) is 12.8. The van der Waals surface area contributed by atoms with Gasteiger partial charge in [0.15, 0.2) is 47.0 Å². The molecule has 2 nitrogen and oxygen atoms in total. The molecule has 2 fully saturated rings. The predicted molar refractivity (Wildman–Crippen MR) is 281 cm³/mol. The van der Waals surface area contributed by atoms with Gasteiger partial charge in [0, 0.05) is 11.1 Å². The molecule has 0 aliphatic carbocycles. The Morgan fingerprint density at radius 1 is 0.467 bits per heavy atom. The molecule has 6 aromatic rings. The summed E-state index contributed by atoms with van der Waals surface area (Å²) in [6, 6.07) is 25.9. The van der Waals surface area contributed by atoms with Crippen LogP contribution in [0.2, 0.25) is 6.32 Å². The molecule has 0 N–H and O–H groups in total. The second kappa shape index (κ2) is 19.6. The van der Waals surface area contributed by atoms with Crippen molar-refractivity contribution in [1.29, 1.82) is 0 Å². The normalized spacial score (nSPS) is 19.9. The summed E-state index contributed by atoms with van der Waals surface area (Å²) in [6.45, 7) is 25.3. The Morgan fingerprint density at radius 3 is 1.16 bits per heavy atom. The van der Waals surface area contributed by atoms with Crippen LogP contribution in [0.4, 0.5) is 43.9 Å². The molecule has 6 aromatic carbocycles. The molecule has 2 saturated heterocycles. The van der Waals surface area contributed by atoms with Crippen molar-refractivity contribution in [2.24, 2.45) is 11.8 Å². The smallest absolute Gasteiger partial charge is 0.209 e. The zero-order valence-electron chi connectivity index (χ0n) is 44.2. The Hall–Kier alpha value is -5.39. The Bertz CT molecular complexity index is 3020. The Kier molecular flexibility index (Phi) is 14.2. The lowest BCUT2D eigenvalue weighted by atomic mass is 9.26. The van der Waals surface area contributed by atoms with Crippen molar-refractivity contribution >= 4 is 40.9 Å². The number of benzene rings is 6. The molecule has 0 radical (unpaired) electrons. The zero-order chi connectivity index (χ0) is 54.7. The van der Waals surface area contributed by atoms with Crippen molar-refractivity contribution < 1.29 is 53.3 Å². The van der Waals surface area contributed by atoms with E-state index in [1.165, 1.54) is 0 Å². The van der Waals surface area contributed by atoms with Crippen LogP contribution in [0.1, 0.15) is 163 Å². The van der Waals surface area contributed by atoms with Gasteiger partial charge in [0.2, 0.25) is 5.79 Å². The molecule has 0 bridgehead atoms. The van der Waals surface area contributed by atoms with Crippen LogP contribution in [0.5, 0.6) is 0 Å². The van der Waals surface area contributed by atoms with Crippen LogP contribution in [0.3, 0.4) is 0 Å². The van der Waals surface area contributed by atoms with Crippen LogP contribution < -0.4 is 21.5 Å². The maximum atomic E-state index is 17.2. The number of ether oxygens (including phenoxy) is 1. The average molecular weight is 1060 g/mol. The van der Waals surface area contributed by atoms with E-state index in [9.17, 15) is 0 Å². The number of halogens is 10. The van der Waals surface area contributed by atoms with Crippen LogP contribution >= 0.6 is 7.26 Å². The van der Waals surface area contributed by atoms with Gasteiger partial charge in [-0.05, 0) is 74.8 Å². The van der Waals surface area contributed by atoms with Gasteiger partial charge in [-0.25, -0.2) is 43.9 Å². The van der Waals surface area contributed by atoms with Gasteiger partial charge in [-0.2, -0.15) is 0 Å². The quantitative estimate of drug-likeness (QED) is 0.0400. The standard InChI is InChI=1S/C61H62BF10O2P/c1-29(2)36-23-40(31(5)6)58(41(24-36)32(7)8)75(59-42(33(9)10)25-37(30(3)4)26-43(59)34(11)12)28-38-27-62(45-47(63)51(67)55(71)52(68)48(45)64,46-49(65)53(69)56(72)54(70)50(46)66)74-61(39-21-17-14-18-22-39)44(38)60(75)57(73-61)35-19-15-13-16-20-35/h13-26,29-34,38,44H,27-28H2,1-12H3/t38-,44-,61-/m1/s1. The Morgan fingerprint density at radius 2 is 0.813 bits per heavy atom. The summed E-state index contributed by atoms with van der Waals surface area (Å²) in [4.78, 5) is 0. The van der Waals surface area contributed by atoms with Crippen LogP contribution in [0.15, 0.2) is 90.2 Å². The SMILES string of the molecule is CC(C)c1cc(C(C)C)c([P+]2(c3c(C(C)C)cc(C(C)C)cc3C(C)C)C[C@H]3C[B-](c4c(F)c(F)c(F)c(F)c4F)(c4c(F)c(F)c(F)c(F)c4F)O[C@@]4(c5ccccc5)OC(c5ccccc5)=C2[C@@H]34)c(C(C)C)c1. The van der Waals surface area contributed by atoms with Crippen LogP contribution in [-0.2, 0) is 15.2 Å². The molecule has 3 aliphatic rings. The second-order valence-electron chi connectivity index (χ2n) is 22.7. The average Bonchev–Trinajstić information content (AvgIpc) is 3.93. The first-order valence-corrected chi connectivity index (χ1v) is 28.0. The highest BCUT2D eigenvalue weighted by Crippen LogP contribution is 2.83. The van der Waals surface area contributed by atoms with Crippen molar-refractivity contribution in [3.63, 3.8) is 0 Å². The summed E-state index contributed by atoms with van der Waals surface area (Å²) in [6.07, 6.45) is -5.74. The maximum absolute atomic E-state index is 17.2. The van der Waals surface area contributed by atoms with E-state index in [4.69, 9.17) is 9.39 Å². The third-order valence-electron chi connectivity index (χ3n) is 16.2. The fraction of sp³-hybridized carbons (Fsp3) is 0.377. The molecule has 0 spiro atoms. The molecule has 0 unspecified atom stereocenters. The summed E-state index contributed by atoms with van der Waals surface area (Å²) >= 11 is 0. The van der Waals surface area contributed by atoms with Gasteiger partial charge in [-0.3, -0.25) is 0 Å². The van der Waals surface area contributed by atoms with E-state index in [1.807, 2.05) is 12.1 Å². The van der Waals surface area contributed by atoms with Gasteiger partial charge in [-0.1, -0.05) is 179 Å². The van der Waals surface area contributed by atoms with E-state index >= 15 is 43.9 Å². The van der Waals surface area contributed by atoms with Crippen LogP contribution in [0.25, 0.3) is 5.76 Å². The van der Waals surface area contributed by atoms with Crippen molar-refractivity contribution in [2.75, 3.05) is 6.16 Å². The number of rotatable bonds is 12. The molecule has 3 heterocycles. The van der Waals surface area contributed by atoms with E-state index in [0.717, 1.165) is 49.3 Å². The van der Waals surface area contributed by atoms with Gasteiger partial charge in [0.1, 0.15) is 46.5 Å². The maximum Gasteiger partial charge on any atom is 0.209 e. The minimum Gasteiger partial charge on any atom is -0.544 e. The van der Waals surface area contributed by atoms with Crippen molar-refractivity contribution in [2.45, 2.75) is 131 Å². The van der Waals surface area contributed by atoms with Crippen molar-refractivity contribution in [1.82, 2.24) is 0 Å². The van der Waals surface area contributed by atoms with Gasteiger partial charge in [0.05, 0.1) is 12.1 Å². The molecule has 0 aromatic heterocycles. The van der Waals surface area contributed by atoms with Gasteiger partial charge >= 0.3 is 0 Å². The van der Waals surface area contributed by atoms with E-state index < -0.39 is 107 Å². The molecule has 9 rings (SSSR count). The lowest BCUT2D eigenvalue weighted by Crippen LogP contribution is -2.72. The van der Waals surface area contributed by atoms with Crippen molar-refractivity contribution in [3.05, 3.63) is 193 Å². The van der Waals surface area contributed by atoms with E-state index in [1.54, 1.807) is 48.5 Å². The van der Waals surface area contributed by atoms with Crippen LogP contribution in [-0.4, -0.2) is 12.5 Å². The molecular weight excluding hydrogens is 996 g/mol. The highest BCUT2D eigenvalue weighted by atomic mass is 31.2. The summed E-state index contributed by atoms with van der Waals surface area (Å²) < 4.78 is 178. The lowest BCUT2D eigenvalue weighted by molar-refractivity contribution is -0.182. The lowest BCUT2D eigenvalue weighted by Gasteiger charge is -2.57. The number of hydrogen-bond acceptors (Lipinski definition) is 2. The minimum absolute atomic E-state index is 0.0415. The molecule has 0 saturated carbocycles. The molecule has 3 aliphatic heterocycles. The molecule has 3 atom stereocenters. The third-order valence-corrected chi connectivity index (χ3v) is 21.1. The number of hydrogen-bond donors (Lipinski definition) is 0. The zero-order valence-corrected chi connectivity index (χ0v) is 45.1. The summed E-state index contributed by atoms with van der Waals surface area (Å²) in [5.41, 5.74) is 3.06. The van der Waals surface area contributed by atoms with Gasteiger partial charge < -0.3 is 9.39 Å². The third kappa shape index (κ3) is 8.12. The highest BCUT2D eigenvalue weighted by Gasteiger charge is 2.75. The van der Waals surface area contributed by atoms with E-state index in [2.05, 4.69) is 107 Å². The first-order chi connectivity index (χ1) is 35.3. The van der Waals surface area contributed by atoms with Gasteiger partial charge in [0.25, 0.3) is 0 Å². The second-order valence-corrected chi connectivity index (χ2v) is 26.1. The molecule has 396 valence electrons. The summed E-state index contributed by atoms with van der Waals surface area (Å²) in [5, 5.41) is 2.73. The van der Waals surface area contributed by atoms with E-state index in [0.29, 0.717) is 5.56 Å². The summed E-state index contributed by atoms with van der Waals surface area (Å²) in [7, 11) is -3.52. The topological polar surface area (TPSA) is 18.5 Å². The first-order valence-electron chi connectivity index (χ1n) is 26.0. The largest absolute Gasteiger partial charge is 0.544 e.